The van der Waals surface area contributed by atoms with E-state index >= 15 is 0 Å². The second kappa shape index (κ2) is 10.1. The number of carbonyl (C=O) groups is 1. The molecule has 1 aliphatic rings. The minimum Gasteiger partial charge on any atom is -0.507 e. The first kappa shape index (κ1) is 24.8. The molecule has 1 aromatic heterocycles. The highest BCUT2D eigenvalue weighted by Gasteiger charge is 2.30. The van der Waals surface area contributed by atoms with Crippen LogP contribution in [0.25, 0.3) is 5.69 Å². The van der Waals surface area contributed by atoms with Gasteiger partial charge < -0.3 is 14.7 Å². The lowest BCUT2D eigenvalue weighted by Gasteiger charge is -2.38. The first-order valence-electron chi connectivity index (χ1n) is 11.2. The highest BCUT2D eigenvalue weighted by atomic mass is 35.5. The molecule has 1 amide bonds. The molecule has 1 fully saturated rings. The third kappa shape index (κ3) is 5.21. The number of halogens is 2. The van der Waals surface area contributed by atoms with E-state index in [0.29, 0.717) is 12.5 Å². The minimum atomic E-state index is -0.753. The fourth-order valence-electron chi connectivity index (χ4n) is 4.12. The Bertz CT molecular complexity index is 1360. The smallest absolute Gasteiger partial charge is 0.349 e. The number of ether oxygens (including phenoxy) is 1. The number of aromatic hydroxyl groups is 1. The molecular weight excluding hydrogens is 495 g/mol. The lowest BCUT2D eigenvalue weighted by atomic mass is 9.91. The van der Waals surface area contributed by atoms with Crippen molar-refractivity contribution in [2.24, 2.45) is 5.92 Å². The van der Waals surface area contributed by atoms with Gasteiger partial charge in [-0.25, -0.2) is 4.79 Å². The summed E-state index contributed by atoms with van der Waals surface area (Å²) >= 11 is 12.8. The summed E-state index contributed by atoms with van der Waals surface area (Å²) in [4.78, 5) is 40.5. The van der Waals surface area contributed by atoms with E-state index in [9.17, 15) is 19.5 Å². The normalized spacial score (nSPS) is 17.9. The molecular formula is C24H24Cl2N4O5. The van der Waals surface area contributed by atoms with Crippen molar-refractivity contribution in [2.75, 3.05) is 6.54 Å². The standard InChI is InChI=1S/C24H24Cl2N4O5/c1-3-14-5-4-13(2)29(12-14)23(33)17-10-16(6-7-20(17)31)35-22-18(25)8-15(9-19(22)26)30-24(34)28-21(32)11-27-30/h6-11,13-14,31H,3-5,12H2,1-2H3,(H,28,32,34). The summed E-state index contributed by atoms with van der Waals surface area (Å²) in [6, 6.07) is 7.21. The largest absolute Gasteiger partial charge is 0.507 e. The van der Waals surface area contributed by atoms with Crippen molar-refractivity contribution in [1.29, 1.82) is 0 Å². The Labute approximate surface area is 210 Å². The van der Waals surface area contributed by atoms with Crippen LogP contribution in [0.1, 0.15) is 43.5 Å². The molecule has 0 aliphatic carbocycles. The number of amides is 1. The maximum Gasteiger partial charge on any atom is 0.349 e. The van der Waals surface area contributed by atoms with Crippen LogP contribution < -0.4 is 16.0 Å². The van der Waals surface area contributed by atoms with E-state index in [2.05, 4.69) is 17.0 Å². The number of phenols is 1. The van der Waals surface area contributed by atoms with Crippen LogP contribution in [0.5, 0.6) is 17.2 Å². The molecule has 184 valence electrons. The summed E-state index contributed by atoms with van der Waals surface area (Å²) in [5.41, 5.74) is -1.04. The monoisotopic (exact) mass is 518 g/mol. The third-order valence-corrected chi connectivity index (χ3v) is 6.74. The van der Waals surface area contributed by atoms with Gasteiger partial charge in [-0.2, -0.15) is 9.78 Å². The Morgan fingerprint density at radius 3 is 2.57 bits per heavy atom. The Hall–Kier alpha value is -3.30. The number of hydrogen-bond acceptors (Lipinski definition) is 6. The molecule has 0 radical (unpaired) electrons. The zero-order valence-corrected chi connectivity index (χ0v) is 20.6. The lowest BCUT2D eigenvalue weighted by Crippen LogP contribution is -2.45. The van der Waals surface area contributed by atoms with Gasteiger partial charge >= 0.3 is 5.69 Å². The minimum absolute atomic E-state index is 0.0654. The lowest BCUT2D eigenvalue weighted by molar-refractivity contribution is 0.0553. The summed E-state index contributed by atoms with van der Waals surface area (Å²) in [5, 5.41) is 14.3. The molecule has 35 heavy (non-hydrogen) atoms. The quantitative estimate of drug-likeness (QED) is 0.517. The van der Waals surface area contributed by atoms with Crippen LogP contribution in [0.15, 0.2) is 46.1 Å². The SMILES string of the molecule is CCC1CCC(C)N(C(=O)c2cc(Oc3c(Cl)cc(-n4ncc(=O)[nH]c4=O)cc3Cl)ccc2O)C1. The molecule has 1 aliphatic heterocycles. The summed E-state index contributed by atoms with van der Waals surface area (Å²) in [7, 11) is 0. The molecule has 3 aromatic rings. The molecule has 2 atom stereocenters. The van der Waals surface area contributed by atoms with Gasteiger partial charge in [0.1, 0.15) is 17.7 Å². The number of phenolic OH excluding ortho intramolecular Hbond substituents is 1. The molecule has 2 heterocycles. The van der Waals surface area contributed by atoms with Crippen LogP contribution in [0.3, 0.4) is 0 Å². The van der Waals surface area contributed by atoms with Crippen LogP contribution in [0, 0.1) is 5.92 Å². The Morgan fingerprint density at radius 2 is 1.91 bits per heavy atom. The van der Waals surface area contributed by atoms with Crippen LogP contribution >= 0.6 is 23.2 Å². The number of rotatable bonds is 5. The first-order valence-corrected chi connectivity index (χ1v) is 11.9. The summed E-state index contributed by atoms with van der Waals surface area (Å²) in [5.74, 6) is 0.353. The predicted octanol–water partition coefficient (Wildman–Crippen LogP) is 4.38. The fourth-order valence-corrected chi connectivity index (χ4v) is 4.68. The molecule has 0 bridgehead atoms. The van der Waals surface area contributed by atoms with Gasteiger partial charge in [0.25, 0.3) is 11.5 Å². The second-order valence-corrected chi connectivity index (χ2v) is 9.34. The fraction of sp³-hybridized carbons (Fsp3) is 0.333. The van der Waals surface area contributed by atoms with E-state index in [1.807, 2.05) is 6.92 Å². The average Bonchev–Trinajstić information content (AvgIpc) is 2.82. The highest BCUT2D eigenvalue weighted by molar-refractivity contribution is 6.37. The molecule has 1 saturated heterocycles. The molecule has 0 spiro atoms. The summed E-state index contributed by atoms with van der Waals surface area (Å²) in [6.45, 7) is 4.75. The van der Waals surface area contributed by atoms with E-state index in [-0.39, 0.29) is 50.5 Å². The van der Waals surface area contributed by atoms with E-state index in [0.717, 1.165) is 30.1 Å². The summed E-state index contributed by atoms with van der Waals surface area (Å²) in [6.07, 6.45) is 3.92. The zero-order valence-electron chi connectivity index (χ0n) is 19.1. The Balaban J connectivity index is 1.63. The van der Waals surface area contributed by atoms with Crippen molar-refractivity contribution < 1.29 is 14.6 Å². The molecule has 2 aromatic carbocycles. The molecule has 11 heteroatoms. The van der Waals surface area contributed by atoms with Crippen molar-refractivity contribution in [1.82, 2.24) is 19.7 Å². The number of piperidine rings is 1. The van der Waals surface area contributed by atoms with Crippen LogP contribution in [-0.2, 0) is 0 Å². The van der Waals surface area contributed by atoms with Gasteiger partial charge in [0.15, 0.2) is 5.75 Å². The number of hydrogen-bond donors (Lipinski definition) is 2. The van der Waals surface area contributed by atoms with Gasteiger partial charge in [-0.15, -0.1) is 0 Å². The van der Waals surface area contributed by atoms with Gasteiger partial charge in [0.2, 0.25) is 0 Å². The van der Waals surface area contributed by atoms with Gasteiger partial charge in [0.05, 0.1) is 21.3 Å². The van der Waals surface area contributed by atoms with Gasteiger partial charge in [-0.05, 0) is 56.0 Å². The van der Waals surface area contributed by atoms with Crippen molar-refractivity contribution in [2.45, 2.75) is 39.2 Å². The van der Waals surface area contributed by atoms with Crippen molar-refractivity contribution in [3.05, 3.63) is 73.0 Å². The number of aromatic nitrogens is 3. The molecule has 9 nitrogen and oxygen atoms in total. The number of H-pyrrole nitrogens is 1. The van der Waals surface area contributed by atoms with Crippen molar-refractivity contribution in [3.63, 3.8) is 0 Å². The number of likely N-dealkylation sites (tertiary alicyclic amines) is 1. The number of carbonyl (C=O) groups excluding carboxylic acids is 1. The molecule has 2 N–H and O–H groups in total. The van der Waals surface area contributed by atoms with Crippen LogP contribution in [-0.4, -0.2) is 43.3 Å². The number of benzene rings is 2. The molecule has 0 saturated carbocycles. The third-order valence-electron chi connectivity index (χ3n) is 6.18. The molecule has 2 unspecified atom stereocenters. The maximum absolute atomic E-state index is 13.3. The van der Waals surface area contributed by atoms with E-state index < -0.39 is 11.2 Å². The highest BCUT2D eigenvalue weighted by Crippen LogP contribution is 2.39. The first-order chi connectivity index (χ1) is 16.7. The van der Waals surface area contributed by atoms with Crippen molar-refractivity contribution in [3.8, 4) is 22.9 Å². The van der Waals surface area contributed by atoms with E-state index in [1.54, 1.807) is 4.90 Å². The van der Waals surface area contributed by atoms with Gasteiger partial charge in [0, 0.05) is 12.6 Å². The second-order valence-electron chi connectivity index (χ2n) is 8.53. The number of nitrogens with zero attached hydrogens (tertiary/aromatic N) is 3. The number of aromatic amines is 1. The number of nitrogens with one attached hydrogen (secondary N) is 1. The predicted molar refractivity (Wildman–Crippen MR) is 132 cm³/mol. The average molecular weight is 519 g/mol. The van der Waals surface area contributed by atoms with Crippen LogP contribution in [0.4, 0.5) is 0 Å². The van der Waals surface area contributed by atoms with Gasteiger partial charge in [-0.3, -0.25) is 14.6 Å². The van der Waals surface area contributed by atoms with Crippen LogP contribution in [0.2, 0.25) is 10.0 Å². The topological polar surface area (TPSA) is 118 Å². The molecule has 4 rings (SSSR count). The summed E-state index contributed by atoms with van der Waals surface area (Å²) < 4.78 is 6.81. The van der Waals surface area contributed by atoms with E-state index in [4.69, 9.17) is 27.9 Å². The van der Waals surface area contributed by atoms with Crippen molar-refractivity contribution >= 4 is 29.1 Å². The zero-order chi connectivity index (χ0) is 25.3. The maximum atomic E-state index is 13.3. The Morgan fingerprint density at radius 1 is 1.20 bits per heavy atom. The van der Waals surface area contributed by atoms with Gasteiger partial charge in [-0.1, -0.05) is 36.5 Å². The Kier molecular flexibility index (Phi) is 7.18. The van der Waals surface area contributed by atoms with E-state index in [1.165, 1.54) is 30.3 Å².